The number of nitrogens with one attached hydrogen (secondary N) is 2. The number of amides is 5. The van der Waals surface area contributed by atoms with E-state index < -0.39 is 58.6 Å². The van der Waals surface area contributed by atoms with Crippen molar-refractivity contribution in [3.8, 4) is 17.9 Å². The number of pyridine rings is 1. The van der Waals surface area contributed by atoms with Crippen LogP contribution in [-0.2, 0) is 26.1 Å². The number of imide groups is 2. The molecule has 0 bridgehead atoms. The van der Waals surface area contributed by atoms with Gasteiger partial charge in [0.15, 0.2) is 5.69 Å². The largest absolute Gasteiger partial charge is 0.419 e. The van der Waals surface area contributed by atoms with Crippen LogP contribution in [0, 0.1) is 29.1 Å². The Labute approximate surface area is 293 Å². The summed E-state index contributed by atoms with van der Waals surface area (Å²) in [4.78, 5) is 70.2. The lowest BCUT2D eigenvalue weighted by Gasteiger charge is -2.38. The summed E-state index contributed by atoms with van der Waals surface area (Å²) in [5.74, 6) is 3.26. The Bertz CT molecular complexity index is 2340. The molecule has 2 saturated heterocycles. The second-order valence-corrected chi connectivity index (χ2v) is 13.1. The molecule has 16 heteroatoms. The molecule has 1 atom stereocenters. The van der Waals surface area contributed by atoms with Crippen molar-refractivity contribution in [2.24, 2.45) is 5.92 Å². The molecular weight excluding hydrogens is 681 g/mol. The van der Waals surface area contributed by atoms with E-state index in [2.05, 4.69) is 32.6 Å². The van der Waals surface area contributed by atoms with Gasteiger partial charge in [-0.05, 0) is 62.6 Å². The van der Waals surface area contributed by atoms with Gasteiger partial charge in [-0.15, -0.1) is 0 Å². The molecule has 13 nitrogen and oxygen atoms in total. The highest BCUT2D eigenvalue weighted by Gasteiger charge is 2.45. The second-order valence-electron chi connectivity index (χ2n) is 13.1. The lowest BCUT2D eigenvalue weighted by molar-refractivity contribution is -0.138. The van der Waals surface area contributed by atoms with E-state index in [0.717, 1.165) is 11.1 Å². The normalized spacial score (nSPS) is 17.7. The molecule has 2 aromatic heterocycles. The molecule has 0 radical (unpaired) electrons. The van der Waals surface area contributed by atoms with Crippen molar-refractivity contribution in [1.82, 2.24) is 25.0 Å². The van der Waals surface area contributed by atoms with Gasteiger partial charge in [-0.25, -0.2) is 9.67 Å². The molecule has 5 amide bonds. The number of carbonyl (C=O) groups excluding carboxylic acids is 5. The van der Waals surface area contributed by atoms with Crippen molar-refractivity contribution < 1.29 is 37.1 Å². The molecule has 7 rings (SSSR count). The summed E-state index contributed by atoms with van der Waals surface area (Å²) in [5.41, 5.74) is -1.68. The first kappa shape index (κ1) is 33.9. The summed E-state index contributed by atoms with van der Waals surface area (Å²) in [6.07, 6.45) is -3.77. The third-order valence-corrected chi connectivity index (χ3v) is 9.29. The van der Waals surface area contributed by atoms with Crippen LogP contribution in [0.3, 0.4) is 0 Å². The number of nitriles is 1. The summed E-state index contributed by atoms with van der Waals surface area (Å²) in [7, 11) is 0. The maximum absolute atomic E-state index is 13.5. The van der Waals surface area contributed by atoms with Gasteiger partial charge in [-0.2, -0.15) is 23.5 Å². The van der Waals surface area contributed by atoms with Gasteiger partial charge in [0.1, 0.15) is 23.3 Å². The van der Waals surface area contributed by atoms with Gasteiger partial charge < -0.3 is 10.2 Å². The zero-order chi connectivity index (χ0) is 37.1. The van der Waals surface area contributed by atoms with Gasteiger partial charge in [0.2, 0.25) is 11.8 Å². The van der Waals surface area contributed by atoms with Crippen molar-refractivity contribution in [3.05, 3.63) is 82.8 Å². The lowest BCUT2D eigenvalue weighted by Crippen LogP contribution is -2.54. The molecule has 0 aliphatic carbocycles. The highest BCUT2D eigenvalue weighted by atomic mass is 19.4. The highest BCUT2D eigenvalue weighted by molar-refractivity contribution is 6.23. The number of benzene rings is 2. The van der Waals surface area contributed by atoms with Crippen molar-refractivity contribution in [2.75, 3.05) is 23.3 Å². The van der Waals surface area contributed by atoms with E-state index in [1.165, 1.54) is 10.8 Å². The third kappa shape index (κ3) is 5.77. The van der Waals surface area contributed by atoms with E-state index in [9.17, 15) is 37.1 Å². The van der Waals surface area contributed by atoms with Crippen LogP contribution >= 0.6 is 0 Å². The second kappa shape index (κ2) is 12.3. The van der Waals surface area contributed by atoms with Gasteiger partial charge in [0, 0.05) is 30.6 Å². The van der Waals surface area contributed by atoms with Gasteiger partial charge in [-0.1, -0.05) is 18.1 Å². The Hall–Kier alpha value is -6.55. The maximum atomic E-state index is 13.5. The Morgan fingerprint density at radius 1 is 1.00 bits per heavy atom. The first-order valence-electron chi connectivity index (χ1n) is 16.1. The number of piperidine rings is 1. The molecule has 2 aromatic carbocycles. The summed E-state index contributed by atoms with van der Waals surface area (Å²) in [6.45, 7) is 4.14. The first-order chi connectivity index (χ1) is 24.7. The SMILES string of the molecule is CC(C)(C(=O)Nc1cnc(C#N)c(C(F)(F)F)c1)n1nc(C#CC2CN(c3ccc4c(c3)C(=O)N(C3CCC(=O)NC3=O)C4=O)C2)c2ccccc21. The predicted octanol–water partition coefficient (Wildman–Crippen LogP) is 3.58. The number of nitrogens with zero attached hydrogens (tertiary/aromatic N) is 6. The number of fused-ring (bicyclic) bond motifs is 2. The number of hydrogen-bond donors (Lipinski definition) is 2. The minimum absolute atomic E-state index is 0.0290. The zero-order valence-corrected chi connectivity index (χ0v) is 27.5. The number of rotatable bonds is 5. The van der Waals surface area contributed by atoms with E-state index >= 15 is 0 Å². The number of aromatic nitrogens is 3. The topological polar surface area (TPSA) is 170 Å². The molecule has 3 aliphatic rings. The van der Waals surface area contributed by atoms with Crippen LogP contribution in [0.15, 0.2) is 54.7 Å². The molecule has 2 N–H and O–H groups in total. The fourth-order valence-electron chi connectivity index (χ4n) is 6.41. The molecule has 5 heterocycles. The Morgan fingerprint density at radius 2 is 1.73 bits per heavy atom. The highest BCUT2D eigenvalue weighted by Crippen LogP contribution is 2.35. The lowest BCUT2D eigenvalue weighted by atomic mass is 9.98. The molecule has 52 heavy (non-hydrogen) atoms. The monoisotopic (exact) mass is 708 g/mol. The van der Waals surface area contributed by atoms with E-state index in [4.69, 9.17) is 5.26 Å². The van der Waals surface area contributed by atoms with Crippen LogP contribution in [0.1, 0.15) is 64.4 Å². The van der Waals surface area contributed by atoms with Crippen molar-refractivity contribution in [2.45, 2.75) is 44.4 Å². The Balaban J connectivity index is 1.06. The van der Waals surface area contributed by atoms with E-state index in [1.807, 2.05) is 4.90 Å². The van der Waals surface area contributed by atoms with Crippen LogP contribution in [0.25, 0.3) is 10.9 Å². The number of carbonyl (C=O) groups is 5. The maximum Gasteiger partial charge on any atom is 0.419 e. The van der Waals surface area contributed by atoms with Crippen LogP contribution < -0.4 is 15.5 Å². The average molecular weight is 709 g/mol. The van der Waals surface area contributed by atoms with Crippen LogP contribution in [0.2, 0.25) is 0 Å². The molecule has 1 unspecified atom stereocenters. The zero-order valence-electron chi connectivity index (χ0n) is 27.5. The molecular formula is C36H27F3N8O5. The Morgan fingerprint density at radius 3 is 2.44 bits per heavy atom. The number of alkyl halides is 3. The molecule has 2 fully saturated rings. The molecule has 3 aliphatic heterocycles. The van der Waals surface area contributed by atoms with Crippen molar-refractivity contribution >= 4 is 51.8 Å². The number of halogens is 3. The molecule has 262 valence electrons. The Kier molecular flexibility index (Phi) is 8.05. The van der Waals surface area contributed by atoms with Crippen LogP contribution in [0.5, 0.6) is 0 Å². The number of anilines is 2. The van der Waals surface area contributed by atoms with E-state index in [-0.39, 0.29) is 35.6 Å². The quantitative estimate of drug-likeness (QED) is 0.232. The van der Waals surface area contributed by atoms with Gasteiger partial charge >= 0.3 is 6.18 Å². The summed E-state index contributed by atoms with van der Waals surface area (Å²) < 4.78 is 41.9. The van der Waals surface area contributed by atoms with Crippen LogP contribution in [0.4, 0.5) is 24.5 Å². The van der Waals surface area contributed by atoms with Gasteiger partial charge in [-0.3, -0.25) is 34.2 Å². The number of hydrogen-bond acceptors (Lipinski definition) is 9. The van der Waals surface area contributed by atoms with E-state index in [1.54, 1.807) is 56.3 Å². The summed E-state index contributed by atoms with van der Waals surface area (Å²) in [6, 6.07) is 13.0. The first-order valence-corrected chi connectivity index (χ1v) is 16.1. The summed E-state index contributed by atoms with van der Waals surface area (Å²) >= 11 is 0. The average Bonchev–Trinajstić information content (AvgIpc) is 3.58. The van der Waals surface area contributed by atoms with Crippen LogP contribution in [-0.4, -0.2) is 68.3 Å². The molecule has 0 spiro atoms. The minimum Gasteiger partial charge on any atom is -0.369 e. The fourth-order valence-corrected chi connectivity index (χ4v) is 6.41. The summed E-state index contributed by atoms with van der Waals surface area (Å²) in [5, 5.41) is 19.0. The van der Waals surface area contributed by atoms with Gasteiger partial charge in [0.25, 0.3) is 17.7 Å². The predicted molar refractivity (Wildman–Crippen MR) is 177 cm³/mol. The standard InChI is InChI=1S/C36H27F3N8O5/c1-35(2,34(52)42-20-13-25(36(37,38)39)27(15-40)41-16-20)47-28-6-4-3-5-23(28)26(44-47)10-7-19-17-45(18-19)21-8-9-22-24(14-21)33(51)46(32(22)50)29-11-12-30(48)43-31(29)49/h3-6,8-9,13-14,16,19,29H,11-12,17-18H2,1-2H3,(H,42,52)(H,43,48,49). The van der Waals surface area contributed by atoms with E-state index in [0.29, 0.717) is 41.4 Å². The smallest absolute Gasteiger partial charge is 0.369 e. The molecule has 0 saturated carbocycles. The van der Waals surface area contributed by atoms with Crippen molar-refractivity contribution in [3.63, 3.8) is 0 Å². The van der Waals surface area contributed by atoms with Crippen molar-refractivity contribution in [1.29, 1.82) is 5.26 Å². The van der Waals surface area contributed by atoms with Gasteiger partial charge in [0.05, 0.1) is 40.0 Å². The third-order valence-electron chi connectivity index (χ3n) is 9.29. The minimum atomic E-state index is -4.85. The fraction of sp³-hybridized carbons (Fsp3) is 0.278. The molecule has 4 aromatic rings. The number of para-hydroxylation sites is 1.